The van der Waals surface area contributed by atoms with E-state index in [1.165, 1.54) is 5.56 Å². The molecule has 0 radical (unpaired) electrons. The van der Waals surface area contributed by atoms with Crippen LogP contribution in [0.5, 0.6) is 5.75 Å². The van der Waals surface area contributed by atoms with Crippen molar-refractivity contribution in [2.75, 3.05) is 18.5 Å². The highest BCUT2D eigenvalue weighted by Gasteiger charge is 2.05. The molecule has 0 saturated heterocycles. The summed E-state index contributed by atoms with van der Waals surface area (Å²) in [5.41, 5.74) is 2.81. The van der Waals surface area contributed by atoms with E-state index in [9.17, 15) is 4.79 Å². The van der Waals surface area contributed by atoms with E-state index in [1.54, 1.807) is 6.21 Å². The molecule has 0 fully saturated rings. The van der Waals surface area contributed by atoms with Crippen LogP contribution in [0.2, 0.25) is 0 Å². The first-order valence-corrected chi connectivity index (χ1v) is 8.91. The van der Waals surface area contributed by atoms with Crippen LogP contribution in [-0.2, 0) is 9.63 Å². The number of rotatable bonds is 9. The van der Waals surface area contributed by atoms with Gasteiger partial charge in [-0.05, 0) is 49.1 Å². The number of benzene rings is 2. The van der Waals surface area contributed by atoms with Gasteiger partial charge in [-0.15, -0.1) is 0 Å². The molecule has 0 spiro atoms. The number of nitrogens with zero attached hydrogens (tertiary/aromatic N) is 1. The highest BCUT2D eigenvalue weighted by atomic mass is 16.6. The van der Waals surface area contributed by atoms with E-state index >= 15 is 0 Å². The number of hydrogen-bond donors (Lipinski definition) is 1. The van der Waals surface area contributed by atoms with Crippen LogP contribution in [0.1, 0.15) is 44.2 Å². The van der Waals surface area contributed by atoms with Crippen molar-refractivity contribution < 1.29 is 14.4 Å². The van der Waals surface area contributed by atoms with Crippen LogP contribution in [0.25, 0.3) is 0 Å². The number of ether oxygens (including phenoxy) is 1. The molecule has 1 amide bonds. The van der Waals surface area contributed by atoms with Gasteiger partial charge in [0, 0.05) is 11.3 Å². The third-order valence-electron chi connectivity index (χ3n) is 4.06. The van der Waals surface area contributed by atoms with Gasteiger partial charge in [0.05, 0.1) is 12.8 Å². The Kier molecular flexibility index (Phi) is 7.68. The molecular formula is C21H26N2O3. The number of carbonyl (C=O) groups excluding carboxylic acids is 1. The number of oxime groups is 1. The summed E-state index contributed by atoms with van der Waals surface area (Å²) in [5.74, 6) is 0.988. The summed E-state index contributed by atoms with van der Waals surface area (Å²) in [7, 11) is 0. The molecule has 2 aromatic carbocycles. The Balaban J connectivity index is 1.82. The van der Waals surface area contributed by atoms with E-state index in [0.29, 0.717) is 12.5 Å². The average Bonchev–Trinajstić information content (AvgIpc) is 2.66. The summed E-state index contributed by atoms with van der Waals surface area (Å²) < 4.78 is 5.50. The highest BCUT2D eigenvalue weighted by molar-refractivity contribution is 5.91. The minimum absolute atomic E-state index is 0.152. The quantitative estimate of drug-likeness (QED) is 0.529. The molecule has 0 heterocycles. The fourth-order valence-corrected chi connectivity index (χ4v) is 2.39. The standard InChI is InChI=1S/C21H26N2O3/c1-4-16(3)17-10-12-19(13-11-17)23-21(24)15-26-22-14-18-8-6-7-9-20(18)25-5-2/h6-14,16H,4-5,15H2,1-3H3,(H,23,24)/b22-14+. The third-order valence-corrected chi connectivity index (χ3v) is 4.06. The SMILES string of the molecule is CCOc1ccccc1/C=N/OCC(=O)Nc1ccc(C(C)CC)cc1. The molecule has 0 aliphatic carbocycles. The first-order chi connectivity index (χ1) is 12.6. The number of hydrogen-bond acceptors (Lipinski definition) is 4. The van der Waals surface area contributed by atoms with Gasteiger partial charge >= 0.3 is 0 Å². The first-order valence-electron chi connectivity index (χ1n) is 8.91. The first kappa shape index (κ1) is 19.5. The van der Waals surface area contributed by atoms with Crippen molar-refractivity contribution in [1.82, 2.24) is 0 Å². The zero-order valence-corrected chi connectivity index (χ0v) is 15.6. The lowest BCUT2D eigenvalue weighted by molar-refractivity contribution is -0.120. The van der Waals surface area contributed by atoms with Gasteiger partial charge in [0.15, 0.2) is 6.61 Å². The number of carbonyl (C=O) groups is 1. The van der Waals surface area contributed by atoms with Crippen LogP contribution in [0.4, 0.5) is 5.69 Å². The second-order valence-corrected chi connectivity index (χ2v) is 5.96. The molecule has 0 aliphatic rings. The smallest absolute Gasteiger partial charge is 0.265 e. The predicted molar refractivity (Wildman–Crippen MR) is 105 cm³/mol. The van der Waals surface area contributed by atoms with Gasteiger partial charge in [0.2, 0.25) is 0 Å². The molecule has 5 nitrogen and oxygen atoms in total. The number of anilines is 1. The molecule has 2 rings (SSSR count). The Morgan fingerprint density at radius 3 is 2.58 bits per heavy atom. The zero-order chi connectivity index (χ0) is 18.8. The zero-order valence-electron chi connectivity index (χ0n) is 15.6. The van der Waals surface area contributed by atoms with Crippen LogP contribution in [0, 0.1) is 0 Å². The van der Waals surface area contributed by atoms with Gasteiger partial charge in [0.1, 0.15) is 5.75 Å². The molecule has 1 unspecified atom stereocenters. The maximum atomic E-state index is 11.9. The summed E-state index contributed by atoms with van der Waals surface area (Å²) in [6, 6.07) is 15.4. The van der Waals surface area contributed by atoms with Crippen molar-refractivity contribution in [3.05, 3.63) is 59.7 Å². The number of amides is 1. The Bertz CT molecular complexity index is 726. The normalized spacial score (nSPS) is 12.0. The fourth-order valence-electron chi connectivity index (χ4n) is 2.39. The van der Waals surface area contributed by atoms with E-state index in [0.717, 1.165) is 23.4 Å². The van der Waals surface area contributed by atoms with Crippen molar-refractivity contribution in [2.45, 2.75) is 33.1 Å². The predicted octanol–water partition coefficient (Wildman–Crippen LogP) is 4.59. The van der Waals surface area contributed by atoms with Crippen LogP contribution in [0.15, 0.2) is 53.7 Å². The van der Waals surface area contributed by atoms with Gasteiger partial charge in [-0.1, -0.05) is 43.3 Å². The molecule has 0 bridgehead atoms. The van der Waals surface area contributed by atoms with Crippen molar-refractivity contribution in [2.24, 2.45) is 5.16 Å². The van der Waals surface area contributed by atoms with Gasteiger partial charge < -0.3 is 14.9 Å². The lowest BCUT2D eigenvalue weighted by Gasteiger charge is -2.10. The molecule has 26 heavy (non-hydrogen) atoms. The molecule has 1 N–H and O–H groups in total. The van der Waals surface area contributed by atoms with E-state index in [4.69, 9.17) is 9.57 Å². The molecule has 1 atom stereocenters. The maximum Gasteiger partial charge on any atom is 0.265 e. The molecule has 5 heteroatoms. The lowest BCUT2D eigenvalue weighted by Crippen LogP contribution is -2.17. The molecular weight excluding hydrogens is 328 g/mol. The van der Waals surface area contributed by atoms with E-state index in [-0.39, 0.29) is 12.5 Å². The third kappa shape index (κ3) is 5.92. The molecule has 0 aliphatic heterocycles. The van der Waals surface area contributed by atoms with Gasteiger partial charge in [-0.3, -0.25) is 4.79 Å². The minimum Gasteiger partial charge on any atom is -0.493 e. The Morgan fingerprint density at radius 2 is 1.88 bits per heavy atom. The van der Waals surface area contributed by atoms with E-state index in [2.05, 4.69) is 24.3 Å². The lowest BCUT2D eigenvalue weighted by atomic mass is 9.99. The van der Waals surface area contributed by atoms with Crippen molar-refractivity contribution in [3.8, 4) is 5.75 Å². The maximum absolute atomic E-state index is 11.9. The van der Waals surface area contributed by atoms with Gasteiger partial charge in [-0.25, -0.2) is 0 Å². The minimum atomic E-state index is -0.253. The summed E-state index contributed by atoms with van der Waals surface area (Å²) >= 11 is 0. The summed E-state index contributed by atoms with van der Waals surface area (Å²) in [6.45, 7) is 6.68. The Morgan fingerprint density at radius 1 is 1.15 bits per heavy atom. The molecule has 0 aromatic heterocycles. The molecule has 0 saturated carbocycles. The van der Waals surface area contributed by atoms with Gasteiger partial charge in [-0.2, -0.15) is 0 Å². The number of para-hydroxylation sites is 1. The monoisotopic (exact) mass is 354 g/mol. The van der Waals surface area contributed by atoms with Crippen molar-refractivity contribution in [1.29, 1.82) is 0 Å². The molecule has 2 aromatic rings. The topological polar surface area (TPSA) is 59.9 Å². The van der Waals surface area contributed by atoms with Crippen molar-refractivity contribution >= 4 is 17.8 Å². The average molecular weight is 354 g/mol. The van der Waals surface area contributed by atoms with Crippen LogP contribution in [-0.4, -0.2) is 25.3 Å². The largest absolute Gasteiger partial charge is 0.493 e. The summed E-state index contributed by atoms with van der Waals surface area (Å²) in [5, 5.41) is 6.64. The second kappa shape index (κ2) is 10.2. The van der Waals surface area contributed by atoms with E-state index in [1.807, 2.05) is 55.5 Å². The van der Waals surface area contributed by atoms with Crippen LogP contribution >= 0.6 is 0 Å². The fraction of sp³-hybridized carbons (Fsp3) is 0.333. The van der Waals surface area contributed by atoms with Crippen LogP contribution in [0.3, 0.4) is 0 Å². The Hall–Kier alpha value is -2.82. The van der Waals surface area contributed by atoms with Crippen molar-refractivity contribution in [3.63, 3.8) is 0 Å². The molecule has 138 valence electrons. The van der Waals surface area contributed by atoms with E-state index < -0.39 is 0 Å². The number of nitrogens with one attached hydrogen (secondary N) is 1. The Labute approximate surface area is 155 Å². The van der Waals surface area contributed by atoms with Gasteiger partial charge in [0.25, 0.3) is 5.91 Å². The van der Waals surface area contributed by atoms with Crippen LogP contribution < -0.4 is 10.1 Å². The summed E-state index contributed by atoms with van der Waals surface area (Å²) in [4.78, 5) is 17.0. The highest BCUT2D eigenvalue weighted by Crippen LogP contribution is 2.20. The second-order valence-electron chi connectivity index (χ2n) is 5.96. The summed E-state index contributed by atoms with van der Waals surface area (Å²) in [6.07, 6.45) is 2.63.